The third-order valence-corrected chi connectivity index (χ3v) is 4.45. The zero-order chi connectivity index (χ0) is 15.9. The van der Waals surface area contributed by atoms with E-state index in [9.17, 15) is 0 Å². The van der Waals surface area contributed by atoms with Crippen LogP contribution in [0.1, 0.15) is 18.4 Å². The first kappa shape index (κ1) is 15.5. The van der Waals surface area contributed by atoms with Crippen LogP contribution in [0.25, 0.3) is 0 Å². The molecule has 4 heteroatoms. The maximum atomic E-state index is 5.54. The molecule has 0 atom stereocenters. The highest BCUT2D eigenvalue weighted by Crippen LogP contribution is 2.26. The lowest BCUT2D eigenvalue weighted by atomic mass is 10.0. The quantitative estimate of drug-likeness (QED) is 0.758. The maximum absolute atomic E-state index is 5.54. The molecule has 5 rings (SSSR count). The van der Waals surface area contributed by atoms with Crippen molar-refractivity contribution < 1.29 is 0 Å². The van der Waals surface area contributed by atoms with E-state index in [1.165, 1.54) is 25.9 Å². The molecular weight excluding hydrogens is 284 g/mol. The molecule has 3 fully saturated rings. The van der Waals surface area contributed by atoms with Gasteiger partial charge in [-0.05, 0) is 18.9 Å². The fraction of sp³-hybridized carbons (Fsp3) is 0.368. The molecule has 0 unspecified atom stereocenters. The molecule has 0 N–H and O–H groups in total. The Kier molecular flexibility index (Phi) is 5.23. The standard InChI is InChI=1S/C13H16N4.C6H6/c1-2-11-3-6-14-15-13(11)17-10-9-16-7-4-12(17)5-8-16;1-2-4-6-5-3-1/h1,3,6,12H,4-5,7-10H2;1-6H. The van der Waals surface area contributed by atoms with E-state index in [-0.39, 0.29) is 0 Å². The Balaban J connectivity index is 0.000000220. The minimum Gasteiger partial charge on any atom is -0.350 e. The normalized spacial score (nSPS) is 22.5. The molecule has 0 amide bonds. The van der Waals surface area contributed by atoms with E-state index in [1.54, 1.807) is 6.20 Å². The van der Waals surface area contributed by atoms with Gasteiger partial charge in [-0.1, -0.05) is 42.3 Å². The molecule has 3 aliphatic heterocycles. The fourth-order valence-corrected chi connectivity index (χ4v) is 3.20. The molecule has 4 nitrogen and oxygen atoms in total. The Morgan fingerprint density at radius 1 is 0.957 bits per heavy atom. The predicted octanol–water partition coefficient (Wildman–Crippen LogP) is 2.43. The van der Waals surface area contributed by atoms with Crippen molar-refractivity contribution in [3.63, 3.8) is 0 Å². The first-order valence-electron chi connectivity index (χ1n) is 8.16. The van der Waals surface area contributed by atoms with Gasteiger partial charge in [0.1, 0.15) is 0 Å². The van der Waals surface area contributed by atoms with Crippen LogP contribution < -0.4 is 4.90 Å². The monoisotopic (exact) mass is 306 g/mol. The number of terminal acetylenes is 1. The average molecular weight is 306 g/mol. The molecule has 3 aliphatic rings. The van der Waals surface area contributed by atoms with E-state index < -0.39 is 0 Å². The molecule has 1 aromatic heterocycles. The zero-order valence-corrected chi connectivity index (χ0v) is 13.3. The summed E-state index contributed by atoms with van der Waals surface area (Å²) in [4.78, 5) is 4.87. The highest BCUT2D eigenvalue weighted by Gasteiger charge is 2.30. The van der Waals surface area contributed by atoms with Crippen molar-refractivity contribution in [2.75, 3.05) is 31.1 Å². The van der Waals surface area contributed by atoms with Gasteiger partial charge >= 0.3 is 0 Å². The largest absolute Gasteiger partial charge is 0.350 e. The van der Waals surface area contributed by atoms with E-state index >= 15 is 0 Å². The Hall–Kier alpha value is -2.38. The summed E-state index contributed by atoms with van der Waals surface area (Å²) in [7, 11) is 0. The van der Waals surface area contributed by atoms with Gasteiger partial charge in [0.2, 0.25) is 0 Å². The van der Waals surface area contributed by atoms with Crippen LogP contribution in [-0.4, -0.2) is 47.3 Å². The topological polar surface area (TPSA) is 32.3 Å². The summed E-state index contributed by atoms with van der Waals surface area (Å²) in [6.07, 6.45) is 9.62. The van der Waals surface area contributed by atoms with E-state index in [1.807, 2.05) is 42.5 Å². The van der Waals surface area contributed by atoms with Crippen LogP contribution in [0, 0.1) is 12.3 Å². The number of benzene rings is 1. The van der Waals surface area contributed by atoms with E-state index in [0.717, 1.165) is 24.5 Å². The third kappa shape index (κ3) is 3.88. The number of anilines is 1. The molecule has 0 aliphatic carbocycles. The van der Waals surface area contributed by atoms with E-state index in [4.69, 9.17) is 6.42 Å². The molecule has 0 radical (unpaired) electrons. The molecule has 0 spiro atoms. The van der Waals surface area contributed by atoms with Crippen LogP contribution in [0.15, 0.2) is 48.7 Å². The Labute approximate surface area is 138 Å². The van der Waals surface area contributed by atoms with Gasteiger partial charge in [0.25, 0.3) is 0 Å². The molecular formula is C19H22N4. The molecule has 0 saturated carbocycles. The predicted molar refractivity (Wildman–Crippen MR) is 93.2 cm³/mol. The van der Waals surface area contributed by atoms with Gasteiger partial charge in [0.15, 0.2) is 5.82 Å². The number of hydrogen-bond donors (Lipinski definition) is 0. The second kappa shape index (κ2) is 7.75. The Bertz CT molecular complexity index is 615. The number of piperidine rings is 1. The number of fused-ring (bicyclic) bond motifs is 4. The van der Waals surface area contributed by atoms with Crippen LogP contribution in [0.3, 0.4) is 0 Å². The van der Waals surface area contributed by atoms with Gasteiger partial charge in [-0.2, -0.15) is 5.10 Å². The minimum atomic E-state index is 0.581. The summed E-state index contributed by atoms with van der Waals surface area (Å²) in [5.74, 6) is 3.61. The number of hydrogen-bond acceptors (Lipinski definition) is 4. The second-order valence-electron chi connectivity index (χ2n) is 5.83. The van der Waals surface area contributed by atoms with Crippen LogP contribution in [0.2, 0.25) is 0 Å². The minimum absolute atomic E-state index is 0.581. The first-order valence-corrected chi connectivity index (χ1v) is 8.16. The summed E-state index contributed by atoms with van der Waals surface area (Å²) < 4.78 is 0. The van der Waals surface area contributed by atoms with Crippen molar-refractivity contribution in [1.82, 2.24) is 15.1 Å². The second-order valence-corrected chi connectivity index (χ2v) is 5.83. The zero-order valence-electron chi connectivity index (χ0n) is 13.3. The van der Waals surface area contributed by atoms with Crippen molar-refractivity contribution >= 4 is 5.82 Å². The lowest BCUT2D eigenvalue weighted by molar-refractivity contribution is 0.250. The summed E-state index contributed by atoms with van der Waals surface area (Å²) in [6, 6.07) is 14.5. The smallest absolute Gasteiger partial charge is 0.167 e. The molecule has 118 valence electrons. The maximum Gasteiger partial charge on any atom is 0.167 e. The van der Waals surface area contributed by atoms with Crippen LogP contribution in [0.4, 0.5) is 5.82 Å². The van der Waals surface area contributed by atoms with Crippen molar-refractivity contribution in [3.8, 4) is 12.3 Å². The average Bonchev–Trinajstić information content (AvgIpc) is 2.97. The number of aromatic nitrogens is 2. The van der Waals surface area contributed by atoms with Gasteiger partial charge in [-0.25, -0.2) is 0 Å². The van der Waals surface area contributed by atoms with Gasteiger partial charge in [0.05, 0.1) is 11.8 Å². The summed E-state index contributed by atoms with van der Waals surface area (Å²) in [5.41, 5.74) is 0.861. The Morgan fingerprint density at radius 2 is 1.61 bits per heavy atom. The first-order chi connectivity index (χ1) is 11.4. The fourth-order valence-electron chi connectivity index (χ4n) is 3.20. The van der Waals surface area contributed by atoms with Crippen LogP contribution >= 0.6 is 0 Å². The van der Waals surface area contributed by atoms with Gasteiger partial charge in [0, 0.05) is 32.2 Å². The van der Waals surface area contributed by atoms with Crippen molar-refractivity contribution in [3.05, 3.63) is 54.2 Å². The van der Waals surface area contributed by atoms with Crippen molar-refractivity contribution in [2.45, 2.75) is 18.9 Å². The number of nitrogens with zero attached hydrogens (tertiary/aromatic N) is 4. The molecule has 4 heterocycles. The summed E-state index contributed by atoms with van der Waals surface area (Å²) >= 11 is 0. The molecule has 2 aromatic rings. The molecule has 1 aromatic carbocycles. The lowest BCUT2D eigenvalue weighted by Gasteiger charge is -2.32. The molecule has 3 saturated heterocycles. The lowest BCUT2D eigenvalue weighted by Crippen LogP contribution is -2.38. The highest BCUT2D eigenvalue weighted by molar-refractivity contribution is 5.54. The van der Waals surface area contributed by atoms with Gasteiger partial charge in [-0.3, -0.25) is 0 Å². The van der Waals surface area contributed by atoms with Crippen LogP contribution in [0.5, 0.6) is 0 Å². The number of rotatable bonds is 1. The van der Waals surface area contributed by atoms with Crippen molar-refractivity contribution in [1.29, 1.82) is 0 Å². The molecule has 2 bridgehead atoms. The van der Waals surface area contributed by atoms with E-state index in [0.29, 0.717) is 6.04 Å². The highest BCUT2D eigenvalue weighted by atomic mass is 15.3. The van der Waals surface area contributed by atoms with E-state index in [2.05, 4.69) is 25.9 Å². The third-order valence-electron chi connectivity index (χ3n) is 4.45. The van der Waals surface area contributed by atoms with Gasteiger partial charge in [-0.15, -0.1) is 11.5 Å². The molecule has 23 heavy (non-hydrogen) atoms. The summed E-state index contributed by atoms with van der Waals surface area (Å²) in [5, 5.41) is 8.23. The Morgan fingerprint density at radius 3 is 2.22 bits per heavy atom. The SMILES string of the molecule is C#Cc1ccnnc1N1CCN2CCC1CC2.c1ccccc1. The summed E-state index contributed by atoms with van der Waals surface area (Å²) in [6.45, 7) is 4.52. The van der Waals surface area contributed by atoms with Crippen LogP contribution in [-0.2, 0) is 0 Å². The van der Waals surface area contributed by atoms with Gasteiger partial charge < -0.3 is 9.80 Å². The van der Waals surface area contributed by atoms with Crippen molar-refractivity contribution in [2.24, 2.45) is 0 Å².